The number of hydrogen-bond donors (Lipinski definition) is 2. The van der Waals surface area contributed by atoms with E-state index >= 15 is 0 Å². The molecule has 0 aliphatic heterocycles. The summed E-state index contributed by atoms with van der Waals surface area (Å²) in [5.41, 5.74) is 3.13. The highest BCUT2D eigenvalue weighted by molar-refractivity contribution is 5.82. The first-order valence-electron chi connectivity index (χ1n) is 9.89. The predicted octanol–water partition coefficient (Wildman–Crippen LogP) is 4.64. The van der Waals surface area contributed by atoms with E-state index in [2.05, 4.69) is 10.6 Å². The smallest absolute Gasteiger partial charge is 0.237 e. The van der Waals surface area contributed by atoms with Crippen molar-refractivity contribution >= 4 is 5.91 Å². The fourth-order valence-corrected chi connectivity index (χ4v) is 3.48. The first kappa shape index (κ1) is 20.6. The highest BCUT2D eigenvalue weighted by atomic mass is 16.5. The molecule has 3 rings (SSSR count). The summed E-state index contributed by atoms with van der Waals surface area (Å²) in [6, 6.07) is 27.3. The predicted molar refractivity (Wildman–Crippen MR) is 117 cm³/mol. The minimum absolute atomic E-state index is 0.0289. The lowest BCUT2D eigenvalue weighted by molar-refractivity contribution is -0.123. The Hall–Kier alpha value is -3.11. The van der Waals surface area contributed by atoms with Crippen molar-refractivity contribution in [2.45, 2.75) is 32.0 Å². The maximum absolute atomic E-state index is 13.0. The second-order valence-electron chi connectivity index (χ2n) is 7.11. The van der Waals surface area contributed by atoms with E-state index in [-0.39, 0.29) is 24.0 Å². The van der Waals surface area contributed by atoms with Crippen LogP contribution in [0.25, 0.3) is 0 Å². The molecule has 3 aromatic carbocycles. The van der Waals surface area contributed by atoms with Gasteiger partial charge in [-0.2, -0.15) is 0 Å². The van der Waals surface area contributed by atoms with Crippen LogP contribution in [0.5, 0.6) is 5.75 Å². The van der Waals surface area contributed by atoms with Gasteiger partial charge in [-0.15, -0.1) is 0 Å². The van der Waals surface area contributed by atoms with Crippen molar-refractivity contribution in [1.29, 1.82) is 0 Å². The van der Waals surface area contributed by atoms with E-state index in [1.54, 1.807) is 7.11 Å². The van der Waals surface area contributed by atoms with Crippen molar-refractivity contribution in [1.82, 2.24) is 10.6 Å². The summed E-state index contributed by atoms with van der Waals surface area (Å²) in [5.74, 6) is 0.760. The molecule has 3 aromatic rings. The third kappa shape index (κ3) is 5.24. The van der Waals surface area contributed by atoms with Gasteiger partial charge in [0.1, 0.15) is 5.75 Å². The molecule has 0 bridgehead atoms. The Morgan fingerprint density at radius 1 is 0.793 bits per heavy atom. The molecule has 1 amide bonds. The summed E-state index contributed by atoms with van der Waals surface area (Å²) in [5, 5.41) is 6.59. The molecular formula is C25H28N2O2. The Labute approximate surface area is 172 Å². The molecule has 150 valence electrons. The Balaban J connectivity index is 1.74. The van der Waals surface area contributed by atoms with Gasteiger partial charge in [0.25, 0.3) is 0 Å². The largest absolute Gasteiger partial charge is 0.496 e. The molecule has 0 aliphatic rings. The minimum atomic E-state index is -0.371. The lowest BCUT2D eigenvalue weighted by Gasteiger charge is -2.25. The first-order chi connectivity index (χ1) is 14.1. The van der Waals surface area contributed by atoms with Crippen LogP contribution >= 0.6 is 0 Å². The second-order valence-corrected chi connectivity index (χ2v) is 7.11. The van der Waals surface area contributed by atoms with Crippen molar-refractivity contribution < 1.29 is 9.53 Å². The van der Waals surface area contributed by atoms with E-state index < -0.39 is 0 Å². The Kier molecular flexibility index (Phi) is 7.04. The number of para-hydroxylation sites is 1. The van der Waals surface area contributed by atoms with Gasteiger partial charge in [-0.25, -0.2) is 0 Å². The molecule has 0 spiro atoms. The summed E-state index contributed by atoms with van der Waals surface area (Å²) in [6.07, 6.45) is 0. The molecular weight excluding hydrogens is 360 g/mol. The summed E-state index contributed by atoms with van der Waals surface area (Å²) >= 11 is 0. The quantitative estimate of drug-likeness (QED) is 0.591. The van der Waals surface area contributed by atoms with E-state index in [9.17, 15) is 4.79 Å². The van der Waals surface area contributed by atoms with Crippen LogP contribution in [0.2, 0.25) is 0 Å². The molecule has 4 heteroatoms. The molecule has 0 saturated carbocycles. The van der Waals surface area contributed by atoms with Crippen LogP contribution in [-0.2, 0) is 4.79 Å². The van der Waals surface area contributed by atoms with Gasteiger partial charge in [0.2, 0.25) is 5.91 Å². The van der Waals surface area contributed by atoms with Crippen LogP contribution in [0.4, 0.5) is 0 Å². The molecule has 2 unspecified atom stereocenters. The van der Waals surface area contributed by atoms with Gasteiger partial charge < -0.3 is 10.1 Å². The summed E-state index contributed by atoms with van der Waals surface area (Å²) in [6.45, 7) is 3.92. The lowest BCUT2D eigenvalue weighted by atomic mass is 9.98. The number of benzene rings is 3. The number of amides is 1. The first-order valence-corrected chi connectivity index (χ1v) is 9.89. The topological polar surface area (TPSA) is 50.4 Å². The average Bonchev–Trinajstić information content (AvgIpc) is 2.78. The van der Waals surface area contributed by atoms with Crippen molar-refractivity contribution in [3.8, 4) is 5.75 Å². The molecule has 0 aromatic heterocycles. The Morgan fingerprint density at radius 3 is 1.86 bits per heavy atom. The van der Waals surface area contributed by atoms with Crippen LogP contribution < -0.4 is 15.4 Å². The number of carbonyl (C=O) groups is 1. The van der Waals surface area contributed by atoms with E-state index in [0.29, 0.717) is 0 Å². The maximum Gasteiger partial charge on any atom is 0.237 e. The van der Waals surface area contributed by atoms with Crippen molar-refractivity contribution in [3.05, 3.63) is 102 Å². The van der Waals surface area contributed by atoms with Gasteiger partial charge in [0.15, 0.2) is 0 Å². The molecule has 2 atom stereocenters. The molecule has 29 heavy (non-hydrogen) atoms. The molecule has 0 heterocycles. The van der Waals surface area contributed by atoms with Crippen molar-refractivity contribution in [3.63, 3.8) is 0 Å². The molecule has 0 fully saturated rings. The number of nitrogens with one attached hydrogen (secondary N) is 2. The average molecular weight is 389 g/mol. The monoisotopic (exact) mass is 388 g/mol. The van der Waals surface area contributed by atoms with Gasteiger partial charge >= 0.3 is 0 Å². The van der Waals surface area contributed by atoms with Gasteiger partial charge in [-0.1, -0.05) is 78.9 Å². The number of methoxy groups -OCH3 is 1. The second kappa shape index (κ2) is 9.89. The maximum atomic E-state index is 13.0. The fraction of sp³-hybridized carbons (Fsp3) is 0.240. The molecule has 0 aliphatic carbocycles. The number of rotatable bonds is 8. The zero-order valence-electron chi connectivity index (χ0n) is 17.1. The van der Waals surface area contributed by atoms with Crippen LogP contribution in [0.15, 0.2) is 84.9 Å². The van der Waals surface area contributed by atoms with E-state index in [1.807, 2.05) is 98.8 Å². The molecule has 0 saturated heterocycles. The molecule has 2 N–H and O–H groups in total. The number of ether oxygens (including phenoxy) is 1. The summed E-state index contributed by atoms with van der Waals surface area (Å²) in [7, 11) is 1.66. The van der Waals surface area contributed by atoms with Gasteiger partial charge in [0.05, 0.1) is 19.2 Å². The van der Waals surface area contributed by atoms with E-state index in [4.69, 9.17) is 4.74 Å². The zero-order chi connectivity index (χ0) is 20.6. The van der Waals surface area contributed by atoms with Crippen LogP contribution in [-0.4, -0.2) is 19.1 Å². The Bertz CT molecular complexity index is 873. The number of hydrogen-bond acceptors (Lipinski definition) is 3. The molecule has 4 nitrogen and oxygen atoms in total. The summed E-state index contributed by atoms with van der Waals surface area (Å²) in [4.78, 5) is 13.0. The highest BCUT2D eigenvalue weighted by Crippen LogP contribution is 2.25. The van der Waals surface area contributed by atoms with Gasteiger partial charge in [-0.05, 0) is 31.0 Å². The third-order valence-corrected chi connectivity index (χ3v) is 5.05. The molecule has 0 radical (unpaired) electrons. The third-order valence-electron chi connectivity index (χ3n) is 5.05. The normalized spacial score (nSPS) is 13.0. The van der Waals surface area contributed by atoms with Crippen molar-refractivity contribution in [2.75, 3.05) is 7.11 Å². The zero-order valence-corrected chi connectivity index (χ0v) is 17.1. The fourth-order valence-electron chi connectivity index (χ4n) is 3.48. The van der Waals surface area contributed by atoms with Crippen LogP contribution in [0, 0.1) is 0 Å². The summed E-state index contributed by atoms with van der Waals surface area (Å²) < 4.78 is 5.45. The lowest BCUT2D eigenvalue weighted by Crippen LogP contribution is -2.44. The Morgan fingerprint density at radius 2 is 1.31 bits per heavy atom. The van der Waals surface area contributed by atoms with Gasteiger partial charge in [-0.3, -0.25) is 10.1 Å². The highest BCUT2D eigenvalue weighted by Gasteiger charge is 2.22. The van der Waals surface area contributed by atoms with Gasteiger partial charge in [0, 0.05) is 11.6 Å². The van der Waals surface area contributed by atoms with Crippen molar-refractivity contribution in [2.24, 2.45) is 0 Å². The SMILES string of the molecule is COc1ccccc1C(C)NC(C)C(=O)NC(c1ccccc1)c1ccccc1. The standard InChI is InChI=1S/C25H28N2O2/c1-18(22-16-10-11-17-23(22)29-3)26-19(2)25(28)27-24(20-12-6-4-7-13-20)21-14-8-5-9-15-21/h4-19,24,26H,1-3H3,(H,27,28). The number of carbonyl (C=O) groups excluding carboxylic acids is 1. The minimum Gasteiger partial charge on any atom is -0.496 e. The van der Waals surface area contributed by atoms with Crippen LogP contribution in [0.3, 0.4) is 0 Å². The van der Waals surface area contributed by atoms with E-state index in [0.717, 1.165) is 22.4 Å². The van der Waals surface area contributed by atoms with E-state index in [1.165, 1.54) is 0 Å². The van der Waals surface area contributed by atoms with Crippen LogP contribution in [0.1, 0.15) is 42.6 Å².